The van der Waals surface area contributed by atoms with Gasteiger partial charge in [0.1, 0.15) is 17.3 Å². The minimum Gasteiger partial charge on any atom is -0.497 e. The molecule has 0 atom stereocenters. The summed E-state index contributed by atoms with van der Waals surface area (Å²) in [7, 11) is 1.52. The molecular weight excluding hydrogens is 365 g/mol. The third-order valence-electron chi connectivity index (χ3n) is 3.45. The van der Waals surface area contributed by atoms with E-state index in [0.717, 1.165) is 0 Å². The summed E-state index contributed by atoms with van der Waals surface area (Å²) in [4.78, 5) is 12.1. The summed E-state index contributed by atoms with van der Waals surface area (Å²) in [5.74, 6) is 0.327. The number of rotatable bonds is 4. The Morgan fingerprint density at radius 1 is 1.12 bits per heavy atom. The molecule has 0 aliphatic heterocycles. The van der Waals surface area contributed by atoms with E-state index < -0.39 is 12.0 Å². The number of hydrogen-bond donors (Lipinski definition) is 0. The van der Waals surface area contributed by atoms with Crippen LogP contribution in [0.5, 0.6) is 17.2 Å². The predicted octanol–water partition coefficient (Wildman–Crippen LogP) is 5.03. The van der Waals surface area contributed by atoms with Gasteiger partial charge in [0.05, 0.1) is 17.7 Å². The van der Waals surface area contributed by atoms with Crippen LogP contribution in [0, 0.1) is 12.7 Å². The second kappa shape index (κ2) is 7.45. The maximum Gasteiger partial charge on any atom is 0.519 e. The molecule has 3 rings (SSSR count). The molecule has 0 spiro atoms. The van der Waals surface area contributed by atoms with Gasteiger partial charge in [0, 0.05) is 6.92 Å². The van der Waals surface area contributed by atoms with E-state index in [9.17, 15) is 9.18 Å². The smallest absolute Gasteiger partial charge is 0.497 e. The molecule has 0 radical (unpaired) electrons. The van der Waals surface area contributed by atoms with E-state index in [0.29, 0.717) is 5.75 Å². The number of nitrogens with zero attached hydrogens (tertiary/aromatic N) is 1. The highest BCUT2D eigenvalue weighted by molar-refractivity contribution is 6.33. The van der Waals surface area contributed by atoms with Crippen LogP contribution in [0.15, 0.2) is 47.0 Å². The third-order valence-corrected chi connectivity index (χ3v) is 3.77. The summed E-state index contributed by atoms with van der Waals surface area (Å²) in [5, 5.41) is 3.85. The van der Waals surface area contributed by atoms with E-state index >= 15 is 0 Å². The van der Waals surface area contributed by atoms with Crippen molar-refractivity contribution >= 4 is 17.8 Å². The zero-order valence-corrected chi connectivity index (χ0v) is 14.5. The Bertz CT molecular complexity index is 919. The van der Waals surface area contributed by atoms with Crippen molar-refractivity contribution in [2.45, 2.75) is 6.92 Å². The van der Waals surface area contributed by atoms with Gasteiger partial charge in [0.25, 0.3) is 0 Å². The second-order valence-corrected chi connectivity index (χ2v) is 5.55. The number of carbonyl (C=O) groups excluding carboxylic acids is 1. The zero-order chi connectivity index (χ0) is 18.7. The molecule has 0 amide bonds. The first kappa shape index (κ1) is 17.8. The number of aromatic nitrogens is 1. The number of methoxy groups -OCH3 is 1. The van der Waals surface area contributed by atoms with Gasteiger partial charge in [0.15, 0.2) is 11.5 Å². The Morgan fingerprint density at radius 2 is 1.81 bits per heavy atom. The molecule has 8 heteroatoms. The van der Waals surface area contributed by atoms with Crippen LogP contribution in [0.25, 0.3) is 11.3 Å². The number of benzene rings is 2. The van der Waals surface area contributed by atoms with Crippen LogP contribution in [-0.2, 0) is 0 Å². The Hall–Kier alpha value is -3.06. The summed E-state index contributed by atoms with van der Waals surface area (Å²) in [5.41, 5.74) is -0.0597. The van der Waals surface area contributed by atoms with E-state index in [1.165, 1.54) is 44.4 Å². The highest BCUT2D eigenvalue weighted by atomic mass is 35.5. The molecule has 1 heterocycles. The van der Waals surface area contributed by atoms with E-state index in [-0.39, 0.29) is 33.5 Å². The highest BCUT2D eigenvalue weighted by Crippen LogP contribution is 2.38. The van der Waals surface area contributed by atoms with E-state index in [4.69, 9.17) is 30.3 Å². The monoisotopic (exact) mass is 377 g/mol. The first-order valence-corrected chi connectivity index (χ1v) is 7.81. The Morgan fingerprint density at radius 3 is 2.46 bits per heavy atom. The molecule has 0 N–H and O–H groups in total. The zero-order valence-electron chi connectivity index (χ0n) is 13.8. The molecule has 0 fully saturated rings. The quantitative estimate of drug-likeness (QED) is 0.469. The van der Waals surface area contributed by atoms with Crippen molar-refractivity contribution < 1.29 is 27.9 Å². The van der Waals surface area contributed by atoms with Gasteiger partial charge in [-0.3, -0.25) is 0 Å². The minimum absolute atomic E-state index is 0.0294. The van der Waals surface area contributed by atoms with Crippen LogP contribution >= 0.6 is 11.6 Å². The highest BCUT2D eigenvalue weighted by Gasteiger charge is 2.24. The lowest BCUT2D eigenvalue weighted by Gasteiger charge is -2.08. The number of ether oxygens (including phenoxy) is 3. The molecule has 26 heavy (non-hydrogen) atoms. The molecule has 0 aliphatic rings. The lowest BCUT2D eigenvalue weighted by molar-refractivity contribution is 0.151. The fourth-order valence-electron chi connectivity index (χ4n) is 2.21. The fourth-order valence-corrected chi connectivity index (χ4v) is 2.46. The SMILES string of the molecule is COc1ccc(OC(=O)Oc2c(-c3c(F)cccc3Cl)noc2C)cc1. The van der Waals surface area contributed by atoms with Crippen LogP contribution in [0.4, 0.5) is 9.18 Å². The molecule has 0 bridgehead atoms. The number of halogens is 2. The Labute approximate surface area is 153 Å². The molecule has 0 unspecified atom stereocenters. The molecule has 1 aromatic heterocycles. The van der Waals surface area contributed by atoms with Crippen LogP contribution in [0.3, 0.4) is 0 Å². The first-order valence-electron chi connectivity index (χ1n) is 7.44. The number of carbonyl (C=O) groups is 1. The normalized spacial score (nSPS) is 10.5. The molecule has 0 saturated carbocycles. The Kier molecular flexibility index (Phi) is 5.09. The molecule has 0 saturated heterocycles. The topological polar surface area (TPSA) is 70.8 Å². The van der Waals surface area contributed by atoms with Gasteiger partial charge in [-0.25, -0.2) is 9.18 Å². The van der Waals surface area contributed by atoms with Gasteiger partial charge < -0.3 is 18.7 Å². The van der Waals surface area contributed by atoms with Gasteiger partial charge in [-0.15, -0.1) is 0 Å². The van der Waals surface area contributed by atoms with Gasteiger partial charge in [-0.1, -0.05) is 22.8 Å². The number of aryl methyl sites for hydroxylation is 1. The van der Waals surface area contributed by atoms with Crippen LogP contribution in [-0.4, -0.2) is 18.4 Å². The van der Waals surface area contributed by atoms with Crippen molar-refractivity contribution in [2.24, 2.45) is 0 Å². The summed E-state index contributed by atoms with van der Waals surface area (Å²) in [6, 6.07) is 10.5. The maximum atomic E-state index is 14.1. The van der Waals surface area contributed by atoms with Crippen molar-refractivity contribution in [3.63, 3.8) is 0 Å². The standard InChI is InChI=1S/C18H13ClFNO5/c1-10-17(16(21-26-10)15-13(19)4-3-5-14(15)20)25-18(22)24-12-8-6-11(23-2)7-9-12/h3-9H,1-2H3. The molecular formula is C18H13ClFNO5. The van der Waals surface area contributed by atoms with Crippen molar-refractivity contribution in [1.82, 2.24) is 5.16 Å². The van der Waals surface area contributed by atoms with Crippen molar-refractivity contribution in [2.75, 3.05) is 7.11 Å². The van der Waals surface area contributed by atoms with Gasteiger partial charge >= 0.3 is 6.16 Å². The lowest BCUT2D eigenvalue weighted by atomic mass is 10.1. The van der Waals surface area contributed by atoms with Crippen LogP contribution < -0.4 is 14.2 Å². The van der Waals surface area contributed by atoms with Crippen LogP contribution in [0.1, 0.15) is 5.76 Å². The second-order valence-electron chi connectivity index (χ2n) is 5.14. The summed E-state index contributed by atoms with van der Waals surface area (Å²) >= 11 is 6.03. The van der Waals surface area contributed by atoms with Gasteiger partial charge in [-0.05, 0) is 36.4 Å². The van der Waals surface area contributed by atoms with Crippen LogP contribution in [0.2, 0.25) is 5.02 Å². The molecule has 0 aliphatic carbocycles. The summed E-state index contributed by atoms with van der Waals surface area (Å²) in [6.07, 6.45) is -1.03. The predicted molar refractivity (Wildman–Crippen MR) is 91.3 cm³/mol. The number of hydrogen-bond acceptors (Lipinski definition) is 6. The van der Waals surface area contributed by atoms with E-state index in [2.05, 4.69) is 5.16 Å². The van der Waals surface area contributed by atoms with Gasteiger partial charge in [-0.2, -0.15) is 0 Å². The molecule has 3 aromatic rings. The maximum absolute atomic E-state index is 14.1. The van der Waals surface area contributed by atoms with E-state index in [1.54, 1.807) is 12.1 Å². The molecule has 6 nitrogen and oxygen atoms in total. The molecule has 2 aromatic carbocycles. The third kappa shape index (κ3) is 3.62. The van der Waals surface area contributed by atoms with Gasteiger partial charge in [0.2, 0.25) is 5.75 Å². The fraction of sp³-hybridized carbons (Fsp3) is 0.111. The van der Waals surface area contributed by atoms with Crippen molar-refractivity contribution in [3.05, 3.63) is 59.1 Å². The largest absolute Gasteiger partial charge is 0.519 e. The Balaban J connectivity index is 1.84. The minimum atomic E-state index is -1.03. The lowest BCUT2D eigenvalue weighted by Crippen LogP contribution is -2.14. The average molecular weight is 378 g/mol. The molecule has 134 valence electrons. The average Bonchev–Trinajstić information content (AvgIpc) is 2.96. The summed E-state index contributed by atoms with van der Waals surface area (Å²) < 4.78 is 34.4. The van der Waals surface area contributed by atoms with Crippen molar-refractivity contribution in [3.8, 4) is 28.5 Å². The van der Waals surface area contributed by atoms with E-state index in [1.807, 2.05) is 0 Å². The summed E-state index contributed by atoms with van der Waals surface area (Å²) in [6.45, 7) is 1.52. The van der Waals surface area contributed by atoms with Crippen molar-refractivity contribution in [1.29, 1.82) is 0 Å². The first-order chi connectivity index (χ1) is 12.5.